The number of carbonyl (C=O) groups excluding carboxylic acids is 2. The SMILES string of the molecule is Cc1cc(C)c(C(=O)C(=O)Nc2cnn(CCc3scnc3C)c2)c(C)c1. The summed E-state index contributed by atoms with van der Waals surface area (Å²) in [6.07, 6.45) is 4.11. The van der Waals surface area contributed by atoms with Crippen LogP contribution in [0.5, 0.6) is 0 Å². The van der Waals surface area contributed by atoms with Gasteiger partial charge in [-0.1, -0.05) is 17.7 Å². The minimum atomic E-state index is -0.650. The van der Waals surface area contributed by atoms with Crippen LogP contribution in [0.1, 0.15) is 37.6 Å². The number of hydrogen-bond donors (Lipinski definition) is 1. The summed E-state index contributed by atoms with van der Waals surface area (Å²) >= 11 is 1.62. The molecule has 1 aromatic carbocycles. The lowest BCUT2D eigenvalue weighted by atomic mass is 9.96. The number of rotatable bonds is 6. The highest BCUT2D eigenvalue weighted by molar-refractivity contribution is 7.09. The highest BCUT2D eigenvalue weighted by Crippen LogP contribution is 2.18. The Kier molecular flexibility index (Phi) is 5.51. The lowest BCUT2D eigenvalue weighted by molar-refractivity contribution is -0.112. The Morgan fingerprint density at radius 1 is 1.15 bits per heavy atom. The van der Waals surface area contributed by atoms with E-state index in [4.69, 9.17) is 0 Å². The highest BCUT2D eigenvalue weighted by Gasteiger charge is 2.21. The Labute approximate surface area is 162 Å². The van der Waals surface area contributed by atoms with Gasteiger partial charge in [-0.25, -0.2) is 4.98 Å². The molecule has 0 bridgehead atoms. The average Bonchev–Trinajstić information content (AvgIpc) is 3.20. The first-order chi connectivity index (χ1) is 12.8. The van der Waals surface area contributed by atoms with E-state index in [-0.39, 0.29) is 0 Å². The minimum Gasteiger partial charge on any atom is -0.316 e. The molecule has 0 spiro atoms. The zero-order valence-corrected chi connectivity index (χ0v) is 16.7. The molecule has 1 amide bonds. The van der Waals surface area contributed by atoms with Crippen molar-refractivity contribution in [1.82, 2.24) is 14.8 Å². The van der Waals surface area contributed by atoms with Gasteiger partial charge in [-0.05, 0) is 38.8 Å². The van der Waals surface area contributed by atoms with Crippen molar-refractivity contribution in [2.75, 3.05) is 5.32 Å². The minimum absolute atomic E-state index is 0.464. The van der Waals surface area contributed by atoms with Crippen molar-refractivity contribution in [3.63, 3.8) is 0 Å². The summed E-state index contributed by atoms with van der Waals surface area (Å²) in [5.41, 5.74) is 6.53. The number of hydrogen-bond acceptors (Lipinski definition) is 5. The van der Waals surface area contributed by atoms with Crippen LogP contribution >= 0.6 is 11.3 Å². The lowest BCUT2D eigenvalue weighted by Crippen LogP contribution is -2.24. The molecule has 0 aliphatic rings. The van der Waals surface area contributed by atoms with E-state index in [9.17, 15) is 9.59 Å². The molecular formula is C20H22N4O2S. The van der Waals surface area contributed by atoms with Crippen LogP contribution in [0.4, 0.5) is 5.69 Å². The predicted octanol–water partition coefficient (Wildman–Crippen LogP) is 3.64. The number of aryl methyl sites for hydroxylation is 6. The fourth-order valence-electron chi connectivity index (χ4n) is 3.17. The molecule has 140 valence electrons. The maximum Gasteiger partial charge on any atom is 0.296 e. The quantitative estimate of drug-likeness (QED) is 0.522. The third-order valence-corrected chi connectivity index (χ3v) is 5.41. The molecule has 2 heterocycles. The van der Waals surface area contributed by atoms with E-state index in [1.54, 1.807) is 28.4 Å². The van der Waals surface area contributed by atoms with Crippen LogP contribution in [-0.4, -0.2) is 26.5 Å². The number of benzene rings is 1. The normalized spacial score (nSPS) is 10.8. The number of Topliss-reactive ketones (excluding diaryl/α,β-unsaturated/α-hetero) is 1. The van der Waals surface area contributed by atoms with Crippen LogP contribution in [0, 0.1) is 27.7 Å². The fraction of sp³-hybridized carbons (Fsp3) is 0.300. The number of carbonyl (C=O) groups is 2. The maximum absolute atomic E-state index is 12.6. The van der Waals surface area contributed by atoms with E-state index < -0.39 is 11.7 Å². The van der Waals surface area contributed by atoms with Gasteiger partial charge in [0.25, 0.3) is 11.7 Å². The van der Waals surface area contributed by atoms with Crippen molar-refractivity contribution in [1.29, 1.82) is 0 Å². The number of nitrogens with zero attached hydrogens (tertiary/aromatic N) is 3. The highest BCUT2D eigenvalue weighted by atomic mass is 32.1. The van der Waals surface area contributed by atoms with E-state index in [1.165, 1.54) is 4.88 Å². The Bertz CT molecular complexity index is 980. The molecule has 0 aliphatic carbocycles. The molecule has 7 heteroatoms. The number of ketones is 1. The molecule has 1 N–H and O–H groups in total. The van der Waals surface area contributed by atoms with Gasteiger partial charge in [0.2, 0.25) is 0 Å². The molecular weight excluding hydrogens is 360 g/mol. The standard InChI is InChI=1S/C20H22N4O2S/c1-12-7-13(2)18(14(3)8-12)19(25)20(26)23-16-9-22-24(10-16)6-5-17-15(4)21-11-27-17/h7-11H,5-6H2,1-4H3,(H,23,26). The zero-order chi connectivity index (χ0) is 19.6. The lowest BCUT2D eigenvalue weighted by Gasteiger charge is -2.10. The first-order valence-electron chi connectivity index (χ1n) is 8.70. The first-order valence-corrected chi connectivity index (χ1v) is 9.58. The van der Waals surface area contributed by atoms with Crippen LogP contribution in [-0.2, 0) is 17.8 Å². The fourth-order valence-corrected chi connectivity index (χ4v) is 3.94. The Hall–Kier alpha value is -2.80. The second-order valence-corrected chi connectivity index (χ2v) is 7.60. The van der Waals surface area contributed by atoms with Crippen molar-refractivity contribution >= 4 is 28.7 Å². The monoisotopic (exact) mass is 382 g/mol. The molecule has 3 rings (SSSR count). The molecule has 0 fully saturated rings. The van der Waals surface area contributed by atoms with Gasteiger partial charge in [-0.3, -0.25) is 14.3 Å². The van der Waals surface area contributed by atoms with Gasteiger partial charge in [0.05, 0.1) is 23.1 Å². The Morgan fingerprint density at radius 2 is 1.85 bits per heavy atom. The summed E-state index contributed by atoms with van der Waals surface area (Å²) in [6, 6.07) is 3.82. The first kappa shape index (κ1) is 19.0. The van der Waals surface area contributed by atoms with E-state index >= 15 is 0 Å². The summed E-state index contributed by atoms with van der Waals surface area (Å²) in [5, 5.41) is 6.90. The summed E-state index contributed by atoms with van der Waals surface area (Å²) in [5.74, 6) is -1.18. The van der Waals surface area contributed by atoms with Gasteiger partial charge in [0.1, 0.15) is 0 Å². The van der Waals surface area contributed by atoms with E-state index in [0.717, 1.165) is 28.8 Å². The molecule has 3 aromatic rings. The van der Waals surface area contributed by atoms with E-state index in [0.29, 0.717) is 17.8 Å². The second kappa shape index (κ2) is 7.84. The smallest absolute Gasteiger partial charge is 0.296 e. The zero-order valence-electron chi connectivity index (χ0n) is 15.9. The van der Waals surface area contributed by atoms with Crippen LogP contribution < -0.4 is 5.32 Å². The van der Waals surface area contributed by atoms with Gasteiger partial charge in [0.15, 0.2) is 0 Å². The van der Waals surface area contributed by atoms with Gasteiger partial charge < -0.3 is 5.32 Å². The van der Waals surface area contributed by atoms with Crippen LogP contribution in [0.15, 0.2) is 30.0 Å². The number of nitrogens with one attached hydrogen (secondary N) is 1. The summed E-state index contributed by atoms with van der Waals surface area (Å²) in [7, 11) is 0. The van der Waals surface area contributed by atoms with Crippen LogP contribution in [0.3, 0.4) is 0 Å². The second-order valence-electron chi connectivity index (χ2n) is 6.66. The molecule has 0 saturated carbocycles. The Morgan fingerprint density at radius 3 is 2.48 bits per heavy atom. The van der Waals surface area contributed by atoms with Crippen molar-refractivity contribution in [3.05, 3.63) is 62.9 Å². The van der Waals surface area contributed by atoms with Crippen LogP contribution in [0.25, 0.3) is 0 Å². The van der Waals surface area contributed by atoms with E-state index in [1.807, 2.05) is 45.3 Å². The summed E-state index contributed by atoms with van der Waals surface area (Å²) in [4.78, 5) is 30.4. The van der Waals surface area contributed by atoms with Gasteiger partial charge in [-0.15, -0.1) is 11.3 Å². The third-order valence-electron chi connectivity index (χ3n) is 4.41. The largest absolute Gasteiger partial charge is 0.316 e. The molecule has 27 heavy (non-hydrogen) atoms. The molecule has 0 atom stereocenters. The predicted molar refractivity (Wildman–Crippen MR) is 106 cm³/mol. The van der Waals surface area contributed by atoms with E-state index in [2.05, 4.69) is 15.4 Å². The number of anilines is 1. The average molecular weight is 382 g/mol. The molecule has 0 aliphatic heterocycles. The number of amides is 1. The van der Waals surface area contributed by atoms with Gasteiger partial charge in [0, 0.05) is 29.6 Å². The van der Waals surface area contributed by atoms with Gasteiger partial charge in [-0.2, -0.15) is 5.10 Å². The molecule has 0 radical (unpaired) electrons. The third kappa shape index (κ3) is 4.31. The van der Waals surface area contributed by atoms with Crippen LogP contribution in [0.2, 0.25) is 0 Å². The summed E-state index contributed by atoms with van der Waals surface area (Å²) < 4.78 is 1.75. The summed E-state index contributed by atoms with van der Waals surface area (Å²) in [6.45, 7) is 8.33. The maximum atomic E-state index is 12.6. The van der Waals surface area contributed by atoms with Crippen molar-refractivity contribution in [3.8, 4) is 0 Å². The number of aromatic nitrogens is 3. The Balaban J connectivity index is 1.65. The van der Waals surface area contributed by atoms with Crippen molar-refractivity contribution < 1.29 is 9.59 Å². The molecule has 0 unspecified atom stereocenters. The topological polar surface area (TPSA) is 76.9 Å². The molecule has 0 saturated heterocycles. The van der Waals surface area contributed by atoms with Gasteiger partial charge >= 0.3 is 0 Å². The van der Waals surface area contributed by atoms with Crippen molar-refractivity contribution in [2.45, 2.75) is 40.7 Å². The molecule has 2 aromatic heterocycles. The molecule has 6 nitrogen and oxygen atoms in total. The van der Waals surface area contributed by atoms with Crippen molar-refractivity contribution in [2.24, 2.45) is 0 Å². The number of thiazole rings is 1.